The fourth-order valence-corrected chi connectivity index (χ4v) is 1.58. The van der Waals surface area contributed by atoms with E-state index in [0.717, 1.165) is 6.07 Å². The maximum atomic E-state index is 13.5. The molecule has 0 heterocycles. The molecule has 0 aliphatic carbocycles. The molecule has 0 atom stereocenters. The summed E-state index contributed by atoms with van der Waals surface area (Å²) in [6.45, 7) is 1.23. The van der Waals surface area contributed by atoms with E-state index in [4.69, 9.17) is 4.74 Å². The van der Waals surface area contributed by atoms with Crippen LogP contribution in [0.4, 0.5) is 8.78 Å². The van der Waals surface area contributed by atoms with Gasteiger partial charge in [-0.1, -0.05) is 18.2 Å². The highest BCUT2D eigenvalue weighted by Crippen LogP contribution is 2.29. The van der Waals surface area contributed by atoms with Crippen molar-refractivity contribution >= 4 is 5.78 Å². The molecule has 0 N–H and O–H groups in total. The molecule has 0 amide bonds. The third-order valence-corrected chi connectivity index (χ3v) is 2.38. The number of rotatable bonds is 3. The number of benzene rings is 2. The molecule has 0 bridgehead atoms. The van der Waals surface area contributed by atoms with E-state index < -0.39 is 17.4 Å². The number of hydrogen-bond acceptors (Lipinski definition) is 2. The summed E-state index contributed by atoms with van der Waals surface area (Å²) in [6, 6.07) is 9.71. The summed E-state index contributed by atoms with van der Waals surface area (Å²) < 4.78 is 32.2. The molecule has 0 fully saturated rings. The van der Waals surface area contributed by atoms with Gasteiger partial charge in [0.2, 0.25) is 0 Å². The molecular weight excluding hydrogens is 238 g/mol. The van der Waals surface area contributed by atoms with Crippen LogP contribution in [0.5, 0.6) is 11.5 Å². The van der Waals surface area contributed by atoms with E-state index >= 15 is 0 Å². The summed E-state index contributed by atoms with van der Waals surface area (Å²) in [5.74, 6) is -1.77. The number of Topliss-reactive ketones (excluding diaryl/α,β-unsaturated/α-hetero) is 1. The highest BCUT2D eigenvalue weighted by atomic mass is 19.1. The van der Waals surface area contributed by atoms with E-state index in [-0.39, 0.29) is 17.1 Å². The van der Waals surface area contributed by atoms with E-state index in [9.17, 15) is 13.6 Å². The lowest BCUT2D eigenvalue weighted by Crippen LogP contribution is -2.01. The number of ketones is 1. The molecule has 2 nitrogen and oxygen atoms in total. The minimum atomic E-state index is -0.684. The van der Waals surface area contributed by atoms with Crippen molar-refractivity contribution in [1.82, 2.24) is 0 Å². The molecule has 18 heavy (non-hydrogen) atoms. The zero-order valence-corrected chi connectivity index (χ0v) is 9.61. The van der Waals surface area contributed by atoms with Crippen LogP contribution in [0.15, 0.2) is 42.5 Å². The van der Waals surface area contributed by atoms with Crippen LogP contribution < -0.4 is 4.74 Å². The zero-order chi connectivity index (χ0) is 13.1. The Morgan fingerprint density at radius 3 is 2.22 bits per heavy atom. The Hall–Kier alpha value is -2.23. The minimum Gasteiger partial charge on any atom is -0.453 e. The molecule has 2 rings (SSSR count). The van der Waals surface area contributed by atoms with Gasteiger partial charge in [0.1, 0.15) is 11.6 Å². The lowest BCUT2D eigenvalue weighted by atomic mass is 10.1. The van der Waals surface area contributed by atoms with Crippen LogP contribution in [-0.2, 0) is 0 Å². The second kappa shape index (κ2) is 4.96. The van der Waals surface area contributed by atoms with E-state index in [0.29, 0.717) is 0 Å². The van der Waals surface area contributed by atoms with Crippen molar-refractivity contribution in [3.63, 3.8) is 0 Å². The fourth-order valence-electron chi connectivity index (χ4n) is 1.58. The fraction of sp³-hybridized carbons (Fsp3) is 0.0714. The van der Waals surface area contributed by atoms with E-state index in [1.54, 1.807) is 6.07 Å². The Morgan fingerprint density at radius 1 is 0.944 bits per heavy atom. The Kier molecular flexibility index (Phi) is 3.37. The Labute approximate surface area is 103 Å². The van der Waals surface area contributed by atoms with Crippen molar-refractivity contribution in [2.24, 2.45) is 0 Å². The predicted octanol–water partition coefficient (Wildman–Crippen LogP) is 3.96. The van der Waals surface area contributed by atoms with Crippen LogP contribution in [-0.4, -0.2) is 5.78 Å². The molecule has 0 spiro atoms. The third-order valence-electron chi connectivity index (χ3n) is 2.38. The Bertz CT molecular complexity index is 594. The second-order valence-electron chi connectivity index (χ2n) is 3.70. The van der Waals surface area contributed by atoms with Crippen LogP contribution in [0.3, 0.4) is 0 Å². The van der Waals surface area contributed by atoms with Gasteiger partial charge in [-0.3, -0.25) is 4.79 Å². The van der Waals surface area contributed by atoms with Gasteiger partial charge in [-0.25, -0.2) is 8.78 Å². The molecule has 0 aliphatic heterocycles. The minimum absolute atomic E-state index is 0.00704. The van der Waals surface area contributed by atoms with Crippen molar-refractivity contribution in [2.75, 3.05) is 0 Å². The average Bonchev–Trinajstić information content (AvgIpc) is 2.31. The van der Waals surface area contributed by atoms with Gasteiger partial charge in [-0.05, 0) is 31.2 Å². The molecular formula is C14H10F2O2. The summed E-state index contributed by atoms with van der Waals surface area (Å²) >= 11 is 0. The highest BCUT2D eigenvalue weighted by Gasteiger charge is 2.15. The van der Waals surface area contributed by atoms with Crippen LogP contribution in [0.25, 0.3) is 0 Å². The molecule has 0 saturated carbocycles. The summed E-state index contributed by atoms with van der Waals surface area (Å²) in [4.78, 5) is 11.3. The largest absolute Gasteiger partial charge is 0.453 e. The van der Waals surface area contributed by atoms with Gasteiger partial charge in [0.25, 0.3) is 0 Å². The Balaban J connectivity index is 2.44. The first kappa shape index (κ1) is 12.2. The molecule has 92 valence electrons. The SMILES string of the molecule is CC(=O)c1c(F)cccc1Oc1ccccc1F. The molecule has 2 aromatic rings. The molecule has 4 heteroatoms. The molecule has 0 radical (unpaired) electrons. The van der Waals surface area contributed by atoms with Gasteiger partial charge in [0.05, 0.1) is 5.56 Å². The van der Waals surface area contributed by atoms with E-state index in [1.165, 1.54) is 37.3 Å². The predicted molar refractivity (Wildman–Crippen MR) is 62.9 cm³/mol. The first-order chi connectivity index (χ1) is 8.59. The quantitative estimate of drug-likeness (QED) is 0.768. The van der Waals surface area contributed by atoms with Gasteiger partial charge >= 0.3 is 0 Å². The number of carbonyl (C=O) groups excluding carboxylic acids is 1. The summed E-state index contributed by atoms with van der Waals surface area (Å²) in [6.07, 6.45) is 0. The van der Waals surface area contributed by atoms with Gasteiger partial charge in [0.15, 0.2) is 17.3 Å². The van der Waals surface area contributed by atoms with Gasteiger partial charge < -0.3 is 4.74 Å². The van der Waals surface area contributed by atoms with Crippen molar-refractivity contribution < 1.29 is 18.3 Å². The van der Waals surface area contributed by atoms with Crippen LogP contribution in [0.1, 0.15) is 17.3 Å². The van der Waals surface area contributed by atoms with Gasteiger partial charge in [-0.2, -0.15) is 0 Å². The van der Waals surface area contributed by atoms with Crippen LogP contribution in [0, 0.1) is 11.6 Å². The van der Waals surface area contributed by atoms with Crippen molar-refractivity contribution in [3.05, 3.63) is 59.7 Å². The molecule has 0 aliphatic rings. The van der Waals surface area contributed by atoms with Gasteiger partial charge in [0, 0.05) is 0 Å². The van der Waals surface area contributed by atoms with Crippen molar-refractivity contribution in [1.29, 1.82) is 0 Å². The molecule has 0 saturated heterocycles. The lowest BCUT2D eigenvalue weighted by Gasteiger charge is -2.10. The normalized spacial score (nSPS) is 10.2. The Morgan fingerprint density at radius 2 is 1.56 bits per heavy atom. The highest BCUT2D eigenvalue weighted by molar-refractivity contribution is 5.97. The lowest BCUT2D eigenvalue weighted by molar-refractivity contribution is 0.101. The second-order valence-corrected chi connectivity index (χ2v) is 3.70. The van der Waals surface area contributed by atoms with Crippen molar-refractivity contribution in [2.45, 2.75) is 6.92 Å². The summed E-state index contributed by atoms with van der Waals surface area (Å²) in [5.41, 5.74) is -0.180. The monoisotopic (exact) mass is 248 g/mol. The smallest absolute Gasteiger partial charge is 0.166 e. The number of para-hydroxylation sites is 1. The van der Waals surface area contributed by atoms with E-state index in [2.05, 4.69) is 0 Å². The first-order valence-electron chi connectivity index (χ1n) is 5.31. The summed E-state index contributed by atoms with van der Waals surface area (Å²) in [5, 5.41) is 0. The molecule has 0 aromatic heterocycles. The standard InChI is InChI=1S/C14H10F2O2/c1-9(17)14-11(16)6-4-8-13(14)18-12-7-3-2-5-10(12)15/h2-8H,1H3. The van der Waals surface area contributed by atoms with E-state index in [1.807, 2.05) is 0 Å². The topological polar surface area (TPSA) is 26.3 Å². The number of hydrogen-bond donors (Lipinski definition) is 0. The number of ether oxygens (including phenoxy) is 1. The molecule has 0 unspecified atom stereocenters. The number of halogens is 2. The van der Waals surface area contributed by atoms with Crippen molar-refractivity contribution in [3.8, 4) is 11.5 Å². The average molecular weight is 248 g/mol. The van der Waals surface area contributed by atoms with Crippen LogP contribution in [0.2, 0.25) is 0 Å². The maximum absolute atomic E-state index is 13.5. The maximum Gasteiger partial charge on any atom is 0.166 e. The molecule has 2 aromatic carbocycles. The van der Waals surface area contributed by atoms with Gasteiger partial charge in [-0.15, -0.1) is 0 Å². The summed E-state index contributed by atoms with van der Waals surface area (Å²) in [7, 11) is 0. The van der Waals surface area contributed by atoms with Crippen LogP contribution >= 0.6 is 0 Å². The third kappa shape index (κ3) is 2.37. The zero-order valence-electron chi connectivity index (χ0n) is 9.61. The first-order valence-corrected chi connectivity index (χ1v) is 5.31. The number of carbonyl (C=O) groups is 1.